The molecule has 0 atom stereocenters. The SMILES string of the molecule is Cc1ccc(S(=O)(=O)NC2CCC(n3cncn3)CC2)cc1Cl. The second-order valence-corrected chi connectivity index (χ2v) is 8.03. The molecule has 1 aliphatic rings. The van der Waals surface area contributed by atoms with Crippen LogP contribution in [0, 0.1) is 6.92 Å². The van der Waals surface area contributed by atoms with Crippen LogP contribution in [0.25, 0.3) is 0 Å². The molecule has 0 amide bonds. The van der Waals surface area contributed by atoms with Crippen molar-refractivity contribution in [2.45, 2.75) is 49.6 Å². The molecule has 0 radical (unpaired) electrons. The van der Waals surface area contributed by atoms with E-state index in [0.717, 1.165) is 31.2 Å². The summed E-state index contributed by atoms with van der Waals surface area (Å²) in [7, 11) is -3.54. The Kier molecular flexibility index (Phi) is 4.70. The van der Waals surface area contributed by atoms with Crippen LogP contribution in [0.15, 0.2) is 35.7 Å². The highest BCUT2D eigenvalue weighted by Gasteiger charge is 2.27. The molecule has 2 aromatic rings. The predicted molar refractivity (Wildman–Crippen MR) is 87.8 cm³/mol. The lowest BCUT2D eigenvalue weighted by atomic mass is 9.92. The molecule has 0 aliphatic heterocycles. The summed E-state index contributed by atoms with van der Waals surface area (Å²) in [6.45, 7) is 1.84. The van der Waals surface area contributed by atoms with Gasteiger partial charge in [0.1, 0.15) is 12.7 Å². The van der Waals surface area contributed by atoms with Gasteiger partial charge in [0, 0.05) is 11.1 Å². The first kappa shape index (κ1) is 16.4. The molecule has 1 aromatic heterocycles. The maximum atomic E-state index is 12.5. The fourth-order valence-electron chi connectivity index (χ4n) is 2.89. The second kappa shape index (κ2) is 6.59. The number of halogens is 1. The highest BCUT2D eigenvalue weighted by molar-refractivity contribution is 7.89. The standard InChI is InChI=1S/C15H19ClN4O2S/c1-11-2-7-14(8-15(11)16)23(21,22)19-12-3-5-13(6-4-12)20-10-17-9-18-20/h2,7-10,12-13,19H,3-6H2,1H3. The molecule has 1 aromatic carbocycles. The summed E-state index contributed by atoms with van der Waals surface area (Å²) in [4.78, 5) is 4.17. The number of nitrogens with one attached hydrogen (secondary N) is 1. The summed E-state index contributed by atoms with van der Waals surface area (Å²) in [5.74, 6) is 0. The zero-order chi connectivity index (χ0) is 16.4. The highest BCUT2D eigenvalue weighted by Crippen LogP contribution is 2.29. The van der Waals surface area contributed by atoms with E-state index in [0.29, 0.717) is 11.1 Å². The average Bonchev–Trinajstić information content (AvgIpc) is 3.04. The van der Waals surface area contributed by atoms with Crippen LogP contribution in [0.1, 0.15) is 37.3 Å². The Hall–Kier alpha value is -1.44. The van der Waals surface area contributed by atoms with Crippen molar-refractivity contribution in [1.29, 1.82) is 0 Å². The highest BCUT2D eigenvalue weighted by atomic mass is 35.5. The maximum absolute atomic E-state index is 12.5. The van der Waals surface area contributed by atoms with Crippen molar-refractivity contribution < 1.29 is 8.42 Å². The van der Waals surface area contributed by atoms with Gasteiger partial charge in [-0.05, 0) is 50.3 Å². The Labute approximate surface area is 140 Å². The van der Waals surface area contributed by atoms with Crippen LogP contribution in [-0.2, 0) is 10.0 Å². The molecule has 8 heteroatoms. The maximum Gasteiger partial charge on any atom is 0.240 e. The molecule has 3 rings (SSSR count). The lowest BCUT2D eigenvalue weighted by molar-refractivity contribution is 0.293. The topological polar surface area (TPSA) is 76.9 Å². The minimum Gasteiger partial charge on any atom is -0.250 e. The van der Waals surface area contributed by atoms with Crippen molar-refractivity contribution >= 4 is 21.6 Å². The van der Waals surface area contributed by atoms with Gasteiger partial charge in [0.2, 0.25) is 10.0 Å². The fraction of sp³-hybridized carbons (Fsp3) is 0.467. The van der Waals surface area contributed by atoms with Gasteiger partial charge < -0.3 is 0 Å². The van der Waals surface area contributed by atoms with E-state index in [1.165, 1.54) is 12.4 Å². The van der Waals surface area contributed by atoms with Gasteiger partial charge in [-0.25, -0.2) is 22.8 Å². The first-order valence-electron chi connectivity index (χ1n) is 7.58. The first-order chi connectivity index (χ1) is 11.0. The van der Waals surface area contributed by atoms with Crippen molar-refractivity contribution in [2.75, 3.05) is 0 Å². The van der Waals surface area contributed by atoms with Crippen molar-refractivity contribution in [3.8, 4) is 0 Å². The lowest BCUT2D eigenvalue weighted by Crippen LogP contribution is -2.38. The van der Waals surface area contributed by atoms with Crippen LogP contribution in [0.4, 0.5) is 0 Å². The quantitative estimate of drug-likeness (QED) is 0.915. The number of hydrogen-bond donors (Lipinski definition) is 1. The molecule has 1 heterocycles. The van der Waals surface area contributed by atoms with Gasteiger partial charge in [-0.15, -0.1) is 0 Å². The predicted octanol–water partition coefficient (Wildman–Crippen LogP) is 2.70. The Bertz CT molecular complexity index is 769. The van der Waals surface area contributed by atoms with Crippen molar-refractivity contribution in [1.82, 2.24) is 19.5 Å². The van der Waals surface area contributed by atoms with E-state index in [4.69, 9.17) is 11.6 Å². The normalized spacial score (nSPS) is 22.2. The summed E-state index contributed by atoms with van der Waals surface area (Å²) in [6, 6.07) is 5.05. The molecule has 124 valence electrons. The molecule has 1 aliphatic carbocycles. The van der Waals surface area contributed by atoms with Gasteiger partial charge in [0.15, 0.2) is 0 Å². The van der Waals surface area contributed by atoms with Gasteiger partial charge in [-0.3, -0.25) is 0 Å². The summed E-state index contributed by atoms with van der Waals surface area (Å²) in [6.07, 6.45) is 6.56. The number of benzene rings is 1. The number of nitrogens with zero attached hydrogens (tertiary/aromatic N) is 3. The number of sulfonamides is 1. The summed E-state index contributed by atoms with van der Waals surface area (Å²) < 4.78 is 29.6. The zero-order valence-corrected chi connectivity index (χ0v) is 14.4. The van der Waals surface area contributed by atoms with Crippen molar-refractivity contribution in [3.05, 3.63) is 41.4 Å². The molecule has 0 unspecified atom stereocenters. The third-order valence-electron chi connectivity index (χ3n) is 4.28. The van der Waals surface area contributed by atoms with E-state index in [1.807, 2.05) is 11.6 Å². The number of hydrogen-bond acceptors (Lipinski definition) is 4. The Morgan fingerprint density at radius 2 is 2.00 bits per heavy atom. The molecule has 6 nitrogen and oxygen atoms in total. The first-order valence-corrected chi connectivity index (χ1v) is 9.44. The largest absolute Gasteiger partial charge is 0.250 e. The third kappa shape index (κ3) is 3.73. The molecule has 0 saturated heterocycles. The summed E-state index contributed by atoms with van der Waals surface area (Å²) >= 11 is 6.03. The third-order valence-corrected chi connectivity index (χ3v) is 6.21. The van der Waals surface area contributed by atoms with Crippen molar-refractivity contribution in [3.63, 3.8) is 0 Å². The van der Waals surface area contributed by atoms with Gasteiger partial charge in [0.25, 0.3) is 0 Å². The molecule has 1 saturated carbocycles. The van der Waals surface area contributed by atoms with Gasteiger partial charge >= 0.3 is 0 Å². The van der Waals surface area contributed by atoms with E-state index in [1.54, 1.807) is 18.5 Å². The molecule has 1 fully saturated rings. The van der Waals surface area contributed by atoms with E-state index < -0.39 is 10.0 Å². The minimum absolute atomic E-state index is 0.0557. The molecule has 23 heavy (non-hydrogen) atoms. The van der Waals surface area contributed by atoms with Crippen molar-refractivity contribution in [2.24, 2.45) is 0 Å². The summed E-state index contributed by atoms with van der Waals surface area (Å²) in [5, 5.41) is 4.62. The number of aryl methyl sites for hydroxylation is 1. The molecule has 0 bridgehead atoms. The van der Waals surface area contributed by atoms with Crippen LogP contribution in [-0.4, -0.2) is 29.2 Å². The van der Waals surface area contributed by atoms with E-state index in [2.05, 4.69) is 14.8 Å². The Morgan fingerprint density at radius 3 is 2.61 bits per heavy atom. The minimum atomic E-state index is -3.54. The van der Waals surface area contributed by atoms with E-state index >= 15 is 0 Å². The van der Waals surface area contributed by atoms with Crippen LogP contribution in [0.3, 0.4) is 0 Å². The molecular formula is C15H19ClN4O2S. The molecule has 0 spiro atoms. The smallest absolute Gasteiger partial charge is 0.240 e. The second-order valence-electron chi connectivity index (χ2n) is 5.91. The monoisotopic (exact) mass is 354 g/mol. The van der Waals surface area contributed by atoms with Crippen LogP contribution < -0.4 is 4.72 Å². The zero-order valence-electron chi connectivity index (χ0n) is 12.8. The van der Waals surface area contributed by atoms with Gasteiger partial charge in [-0.2, -0.15) is 5.10 Å². The Balaban J connectivity index is 1.64. The van der Waals surface area contributed by atoms with Crippen LogP contribution >= 0.6 is 11.6 Å². The van der Waals surface area contributed by atoms with Gasteiger partial charge in [0.05, 0.1) is 10.9 Å². The van der Waals surface area contributed by atoms with Crippen LogP contribution in [0.5, 0.6) is 0 Å². The van der Waals surface area contributed by atoms with Crippen LogP contribution in [0.2, 0.25) is 5.02 Å². The lowest BCUT2D eigenvalue weighted by Gasteiger charge is -2.28. The average molecular weight is 355 g/mol. The van der Waals surface area contributed by atoms with Gasteiger partial charge in [-0.1, -0.05) is 17.7 Å². The fourth-order valence-corrected chi connectivity index (χ4v) is 4.47. The number of rotatable bonds is 4. The molecule has 1 N–H and O–H groups in total. The molecular weight excluding hydrogens is 336 g/mol. The summed E-state index contributed by atoms with van der Waals surface area (Å²) in [5.41, 5.74) is 0.860. The van der Waals surface area contributed by atoms with E-state index in [9.17, 15) is 8.42 Å². The van der Waals surface area contributed by atoms with E-state index in [-0.39, 0.29) is 10.9 Å². The Morgan fingerprint density at radius 1 is 1.26 bits per heavy atom. The number of aromatic nitrogens is 3.